The molecule has 0 aliphatic rings. The van der Waals surface area contributed by atoms with Crippen LogP contribution in [0.3, 0.4) is 0 Å². The third kappa shape index (κ3) is 4.63. The number of amides is 1. The Morgan fingerprint density at radius 3 is 1.88 bits per heavy atom. The minimum atomic E-state index is -1.35. The molecule has 1 amide bonds. The van der Waals surface area contributed by atoms with Gasteiger partial charge >= 0.3 is 12.1 Å². The fourth-order valence-electron chi connectivity index (χ4n) is 2.58. The van der Waals surface area contributed by atoms with Crippen molar-refractivity contribution in [3.63, 3.8) is 0 Å². The summed E-state index contributed by atoms with van der Waals surface area (Å²) < 4.78 is 10.2. The summed E-state index contributed by atoms with van der Waals surface area (Å²) in [5.41, 5.74) is 0.664. The number of rotatable bonds is 4. The number of hydrogen-bond acceptors (Lipinski definition) is 4. The van der Waals surface area contributed by atoms with Gasteiger partial charge in [-0.15, -0.1) is 0 Å². The van der Waals surface area contributed by atoms with Crippen LogP contribution in [0.15, 0.2) is 54.6 Å². The number of nitrogens with one attached hydrogen (secondary N) is 1. The van der Waals surface area contributed by atoms with Gasteiger partial charge in [0, 0.05) is 0 Å². The molecule has 0 saturated carbocycles. The van der Waals surface area contributed by atoms with Gasteiger partial charge in [-0.05, 0) is 44.4 Å². The summed E-state index contributed by atoms with van der Waals surface area (Å²) in [6, 6.07) is 17.3. The largest absolute Gasteiger partial charge is 0.467 e. The Hall–Kier alpha value is -2.82. The van der Waals surface area contributed by atoms with Gasteiger partial charge in [-0.2, -0.15) is 0 Å². The summed E-state index contributed by atoms with van der Waals surface area (Å²) in [6.07, 6.45) is -0.683. The van der Waals surface area contributed by atoms with Crippen LogP contribution >= 0.6 is 0 Å². The predicted molar refractivity (Wildman–Crippen MR) is 101 cm³/mol. The van der Waals surface area contributed by atoms with Gasteiger partial charge in [-0.3, -0.25) is 0 Å². The van der Waals surface area contributed by atoms with Gasteiger partial charge in [0.2, 0.25) is 0 Å². The van der Waals surface area contributed by atoms with Gasteiger partial charge in [0.25, 0.3) is 0 Å². The Bertz CT molecular complexity index is 763. The van der Waals surface area contributed by atoms with Crippen molar-refractivity contribution in [3.05, 3.63) is 60.2 Å². The van der Waals surface area contributed by atoms with E-state index in [0.717, 1.165) is 11.1 Å². The molecule has 0 aliphatic carbocycles. The Morgan fingerprint density at radius 2 is 1.38 bits per heavy atom. The van der Waals surface area contributed by atoms with E-state index in [-0.39, 0.29) is 0 Å². The van der Waals surface area contributed by atoms with Crippen LogP contribution < -0.4 is 5.32 Å². The van der Waals surface area contributed by atoms with Gasteiger partial charge in [-0.1, -0.05) is 54.6 Å². The summed E-state index contributed by atoms with van der Waals surface area (Å²) >= 11 is 0. The van der Waals surface area contributed by atoms with E-state index in [2.05, 4.69) is 5.32 Å². The number of esters is 1. The van der Waals surface area contributed by atoms with E-state index in [4.69, 9.17) is 9.47 Å². The molecule has 0 aromatic heterocycles. The fraction of sp³-hybridized carbons (Fsp3) is 0.333. The number of methoxy groups -OCH3 is 1. The molecular weight excluding hydrogens is 330 g/mol. The zero-order chi connectivity index (χ0) is 19.4. The van der Waals surface area contributed by atoms with Gasteiger partial charge < -0.3 is 14.8 Å². The van der Waals surface area contributed by atoms with Crippen LogP contribution in [-0.4, -0.2) is 24.8 Å². The molecule has 1 N–H and O–H groups in total. The standard InChI is InChI=1S/C21H25NO4/c1-20(2,3)26-19(24)22-21(4,18(23)25-5)17-13-11-16(12-14-17)15-9-7-6-8-10-15/h6-14H,1-5H3,(H,22,24). The van der Waals surface area contributed by atoms with Gasteiger partial charge in [0.05, 0.1) is 7.11 Å². The molecule has 138 valence electrons. The monoisotopic (exact) mass is 355 g/mol. The minimum Gasteiger partial charge on any atom is -0.467 e. The molecule has 26 heavy (non-hydrogen) atoms. The van der Waals surface area contributed by atoms with E-state index in [1.54, 1.807) is 39.8 Å². The maximum atomic E-state index is 12.4. The van der Waals surface area contributed by atoms with Crippen molar-refractivity contribution in [2.45, 2.75) is 38.8 Å². The van der Waals surface area contributed by atoms with Crippen molar-refractivity contribution in [1.29, 1.82) is 0 Å². The molecule has 0 aliphatic heterocycles. The number of hydrogen-bond donors (Lipinski definition) is 1. The highest BCUT2D eigenvalue weighted by atomic mass is 16.6. The third-order valence-electron chi connectivity index (χ3n) is 3.91. The van der Waals surface area contributed by atoms with E-state index >= 15 is 0 Å². The second-order valence-corrected chi connectivity index (χ2v) is 7.19. The average Bonchev–Trinajstić information content (AvgIpc) is 2.60. The summed E-state index contributed by atoms with van der Waals surface area (Å²) in [7, 11) is 1.29. The van der Waals surface area contributed by atoms with Gasteiger partial charge in [-0.25, -0.2) is 9.59 Å². The lowest BCUT2D eigenvalue weighted by molar-refractivity contribution is -0.148. The zero-order valence-corrected chi connectivity index (χ0v) is 15.8. The number of carbonyl (C=O) groups is 2. The van der Waals surface area contributed by atoms with E-state index in [9.17, 15) is 9.59 Å². The predicted octanol–water partition coefficient (Wildman–Crippen LogP) is 4.27. The number of alkyl carbamates (subject to hydrolysis) is 1. The van der Waals surface area contributed by atoms with Crippen LogP contribution in [0.2, 0.25) is 0 Å². The minimum absolute atomic E-state index is 0.573. The highest BCUT2D eigenvalue weighted by Crippen LogP contribution is 2.27. The van der Waals surface area contributed by atoms with Gasteiger partial charge in [0.15, 0.2) is 5.54 Å². The molecule has 0 spiro atoms. The summed E-state index contributed by atoms with van der Waals surface area (Å²) in [5.74, 6) is -0.573. The molecular formula is C21H25NO4. The molecule has 0 heterocycles. The van der Waals surface area contributed by atoms with Crippen molar-refractivity contribution in [2.24, 2.45) is 0 Å². The fourth-order valence-corrected chi connectivity index (χ4v) is 2.58. The molecule has 2 rings (SSSR count). The SMILES string of the molecule is COC(=O)C(C)(NC(=O)OC(C)(C)C)c1ccc(-c2ccccc2)cc1. The van der Waals surface area contributed by atoms with E-state index in [0.29, 0.717) is 5.56 Å². The van der Waals surface area contributed by atoms with Crippen LogP contribution in [0.4, 0.5) is 4.79 Å². The summed E-state index contributed by atoms with van der Waals surface area (Å²) in [4.78, 5) is 24.6. The molecule has 1 atom stereocenters. The first-order chi connectivity index (χ1) is 12.2. The Labute approximate surface area is 154 Å². The van der Waals surface area contributed by atoms with Crippen molar-refractivity contribution in [1.82, 2.24) is 5.32 Å². The molecule has 5 nitrogen and oxygen atoms in total. The molecule has 0 bridgehead atoms. The van der Waals surface area contributed by atoms with Crippen LogP contribution in [0.25, 0.3) is 11.1 Å². The first kappa shape index (κ1) is 19.5. The average molecular weight is 355 g/mol. The number of carbonyl (C=O) groups excluding carboxylic acids is 2. The van der Waals surface area contributed by atoms with Gasteiger partial charge in [0.1, 0.15) is 5.60 Å². The topological polar surface area (TPSA) is 64.6 Å². The molecule has 1 unspecified atom stereocenters. The third-order valence-corrected chi connectivity index (χ3v) is 3.91. The quantitative estimate of drug-likeness (QED) is 0.832. The molecule has 0 radical (unpaired) electrons. The Morgan fingerprint density at radius 1 is 0.846 bits per heavy atom. The maximum Gasteiger partial charge on any atom is 0.408 e. The van der Waals surface area contributed by atoms with Crippen molar-refractivity contribution < 1.29 is 19.1 Å². The van der Waals surface area contributed by atoms with Crippen LogP contribution in [0.1, 0.15) is 33.3 Å². The molecule has 0 fully saturated rings. The number of ether oxygens (including phenoxy) is 2. The van der Waals surface area contributed by atoms with E-state index in [1.807, 2.05) is 42.5 Å². The molecule has 5 heteroatoms. The first-order valence-electron chi connectivity index (χ1n) is 8.41. The van der Waals surface area contributed by atoms with Crippen molar-refractivity contribution in [3.8, 4) is 11.1 Å². The van der Waals surface area contributed by atoms with Crippen molar-refractivity contribution in [2.75, 3.05) is 7.11 Å². The normalized spacial score (nSPS) is 13.4. The highest BCUT2D eigenvalue weighted by Gasteiger charge is 2.39. The lowest BCUT2D eigenvalue weighted by atomic mass is 9.90. The highest BCUT2D eigenvalue weighted by molar-refractivity contribution is 5.87. The second-order valence-electron chi connectivity index (χ2n) is 7.19. The molecule has 2 aromatic carbocycles. The smallest absolute Gasteiger partial charge is 0.408 e. The first-order valence-corrected chi connectivity index (χ1v) is 8.41. The molecule has 2 aromatic rings. The lowest BCUT2D eigenvalue weighted by Gasteiger charge is -2.30. The second kappa shape index (κ2) is 7.60. The van der Waals surface area contributed by atoms with Crippen LogP contribution in [0, 0.1) is 0 Å². The lowest BCUT2D eigenvalue weighted by Crippen LogP contribution is -2.51. The van der Waals surface area contributed by atoms with Crippen molar-refractivity contribution >= 4 is 12.1 Å². The summed E-state index contributed by atoms with van der Waals surface area (Å²) in [5, 5.41) is 2.64. The Balaban J connectivity index is 2.31. The van der Waals surface area contributed by atoms with Crippen LogP contribution in [-0.2, 0) is 19.8 Å². The number of benzene rings is 2. The Kier molecular flexibility index (Phi) is 5.70. The summed E-state index contributed by atoms with van der Waals surface area (Å²) in [6.45, 7) is 6.88. The maximum absolute atomic E-state index is 12.4. The molecule has 0 saturated heterocycles. The van der Waals surface area contributed by atoms with E-state index < -0.39 is 23.2 Å². The van der Waals surface area contributed by atoms with Crippen LogP contribution in [0.5, 0.6) is 0 Å². The zero-order valence-electron chi connectivity index (χ0n) is 15.8. The van der Waals surface area contributed by atoms with E-state index in [1.165, 1.54) is 7.11 Å².